The van der Waals surface area contributed by atoms with Gasteiger partial charge in [0.25, 0.3) is 0 Å². The summed E-state index contributed by atoms with van der Waals surface area (Å²) in [6.07, 6.45) is -1.88. The van der Waals surface area contributed by atoms with Crippen molar-refractivity contribution in [3.05, 3.63) is 0 Å². The van der Waals surface area contributed by atoms with Gasteiger partial charge in [-0.25, -0.2) is 0 Å². The minimum Gasteiger partial charge on any atom is -0.480 e. The van der Waals surface area contributed by atoms with Gasteiger partial charge in [0.1, 0.15) is 24.2 Å². The van der Waals surface area contributed by atoms with Crippen molar-refractivity contribution in [2.45, 2.75) is 50.5 Å². The topological polar surface area (TPSA) is 234 Å². The lowest BCUT2D eigenvalue weighted by molar-refractivity contribution is -0.142. The van der Waals surface area contributed by atoms with E-state index in [9.17, 15) is 34.2 Å². The third kappa shape index (κ3) is 8.44. The summed E-state index contributed by atoms with van der Waals surface area (Å²) in [5.41, 5.74) is 10.4. The van der Waals surface area contributed by atoms with Crippen LogP contribution in [0.1, 0.15) is 20.3 Å². The number of carbonyl (C=O) groups excluding carboxylic acids is 4. The first-order chi connectivity index (χ1) is 12.4. The quantitative estimate of drug-likeness (QED) is 0.168. The van der Waals surface area contributed by atoms with Gasteiger partial charge in [-0.2, -0.15) is 0 Å². The summed E-state index contributed by atoms with van der Waals surface area (Å²) in [7, 11) is 0. The zero-order valence-electron chi connectivity index (χ0n) is 14.8. The van der Waals surface area contributed by atoms with Crippen LogP contribution in [0.4, 0.5) is 0 Å². The van der Waals surface area contributed by atoms with Crippen LogP contribution >= 0.6 is 0 Å². The molecule has 0 aliphatic heterocycles. The van der Waals surface area contributed by atoms with E-state index in [1.54, 1.807) is 0 Å². The molecule has 0 aromatic heterocycles. The lowest BCUT2D eigenvalue weighted by Gasteiger charge is -2.23. The Morgan fingerprint density at radius 1 is 0.926 bits per heavy atom. The molecule has 154 valence electrons. The van der Waals surface area contributed by atoms with Gasteiger partial charge in [-0.3, -0.25) is 24.0 Å². The van der Waals surface area contributed by atoms with Crippen molar-refractivity contribution in [1.29, 1.82) is 0 Å². The van der Waals surface area contributed by atoms with Crippen molar-refractivity contribution in [2.75, 3.05) is 6.61 Å². The summed E-state index contributed by atoms with van der Waals surface area (Å²) >= 11 is 0. The molecule has 0 heterocycles. The maximum absolute atomic E-state index is 12.3. The number of hydrogen-bond acceptors (Lipinski definition) is 8. The maximum atomic E-state index is 12.3. The summed E-state index contributed by atoms with van der Waals surface area (Å²) < 4.78 is 0. The molecule has 0 spiro atoms. The van der Waals surface area contributed by atoms with Gasteiger partial charge >= 0.3 is 5.97 Å². The van der Waals surface area contributed by atoms with Crippen molar-refractivity contribution >= 4 is 29.6 Å². The molecule has 13 nitrogen and oxygen atoms in total. The smallest absolute Gasteiger partial charge is 0.325 e. The lowest BCUT2D eigenvalue weighted by atomic mass is 10.1. The average Bonchev–Trinajstić information content (AvgIpc) is 2.56. The molecule has 0 saturated heterocycles. The average molecular weight is 391 g/mol. The van der Waals surface area contributed by atoms with Gasteiger partial charge in [-0.1, -0.05) is 0 Å². The van der Waals surface area contributed by atoms with E-state index in [0.29, 0.717) is 0 Å². The van der Waals surface area contributed by atoms with Crippen LogP contribution in [-0.2, 0) is 24.0 Å². The Morgan fingerprint density at radius 3 is 1.81 bits per heavy atom. The first-order valence-corrected chi connectivity index (χ1v) is 7.87. The second kappa shape index (κ2) is 11.1. The fourth-order valence-electron chi connectivity index (χ4n) is 1.74. The highest BCUT2D eigenvalue weighted by Crippen LogP contribution is 1.98. The van der Waals surface area contributed by atoms with Crippen LogP contribution < -0.4 is 27.4 Å². The van der Waals surface area contributed by atoms with Crippen molar-refractivity contribution in [3.63, 3.8) is 0 Å². The summed E-state index contributed by atoms with van der Waals surface area (Å²) in [6, 6.07) is -5.74. The summed E-state index contributed by atoms with van der Waals surface area (Å²) in [5.74, 6) is -5.28. The number of hydrogen-bond donors (Lipinski definition) is 8. The molecule has 4 amide bonds. The first-order valence-electron chi connectivity index (χ1n) is 7.87. The number of nitrogens with two attached hydrogens (primary N) is 2. The Bertz CT molecular complexity index is 582. The number of carboxylic acid groups (broad SMARTS) is 1. The van der Waals surface area contributed by atoms with Gasteiger partial charge in [0.15, 0.2) is 0 Å². The summed E-state index contributed by atoms with van der Waals surface area (Å²) in [6.45, 7) is 1.53. The third-order valence-electron chi connectivity index (χ3n) is 3.41. The number of carboxylic acids is 1. The number of nitrogens with one attached hydrogen (secondary N) is 3. The fourth-order valence-corrected chi connectivity index (χ4v) is 1.74. The van der Waals surface area contributed by atoms with Gasteiger partial charge in [0.2, 0.25) is 23.6 Å². The molecule has 10 N–H and O–H groups in total. The number of amides is 4. The molecule has 0 radical (unpaired) electrons. The van der Waals surface area contributed by atoms with Crippen LogP contribution in [0.5, 0.6) is 0 Å². The van der Waals surface area contributed by atoms with Crippen LogP contribution in [0.2, 0.25) is 0 Å². The van der Waals surface area contributed by atoms with E-state index in [0.717, 1.165) is 0 Å². The Labute approximate surface area is 154 Å². The number of aliphatic hydroxyl groups excluding tert-OH is 2. The Balaban J connectivity index is 5.14. The molecular formula is C14H25N5O8. The van der Waals surface area contributed by atoms with Crippen molar-refractivity contribution in [1.82, 2.24) is 16.0 Å². The summed E-state index contributed by atoms with van der Waals surface area (Å²) in [5, 5.41) is 33.5. The Morgan fingerprint density at radius 2 is 1.41 bits per heavy atom. The van der Waals surface area contributed by atoms with E-state index in [-0.39, 0.29) is 0 Å². The molecule has 0 saturated carbocycles. The highest BCUT2D eigenvalue weighted by atomic mass is 16.4. The molecule has 0 aromatic rings. The molecule has 27 heavy (non-hydrogen) atoms. The molecule has 5 unspecified atom stereocenters. The molecule has 0 fully saturated rings. The van der Waals surface area contributed by atoms with E-state index in [4.69, 9.17) is 16.6 Å². The van der Waals surface area contributed by atoms with Gasteiger partial charge in [-0.15, -0.1) is 0 Å². The fraction of sp³-hybridized carbons (Fsp3) is 0.643. The van der Waals surface area contributed by atoms with Crippen LogP contribution in [0.3, 0.4) is 0 Å². The molecule has 0 aromatic carbocycles. The van der Waals surface area contributed by atoms with Crippen LogP contribution in [0, 0.1) is 0 Å². The van der Waals surface area contributed by atoms with E-state index < -0.39 is 72.9 Å². The molecule has 5 atom stereocenters. The molecule has 0 rings (SSSR count). The number of carbonyl (C=O) groups is 5. The van der Waals surface area contributed by atoms with Gasteiger partial charge in [0, 0.05) is 0 Å². The monoisotopic (exact) mass is 391 g/mol. The number of rotatable bonds is 11. The predicted molar refractivity (Wildman–Crippen MR) is 89.7 cm³/mol. The first kappa shape index (κ1) is 24.2. The molecule has 0 bridgehead atoms. The molecule has 13 heteroatoms. The number of aliphatic carboxylic acids is 1. The zero-order chi connectivity index (χ0) is 21.3. The van der Waals surface area contributed by atoms with E-state index in [1.165, 1.54) is 13.8 Å². The normalized spacial score (nSPS) is 16.2. The van der Waals surface area contributed by atoms with Crippen molar-refractivity contribution in [2.24, 2.45) is 11.5 Å². The molecular weight excluding hydrogens is 366 g/mol. The number of aliphatic hydroxyl groups is 2. The zero-order valence-corrected chi connectivity index (χ0v) is 14.8. The second-order valence-corrected chi connectivity index (χ2v) is 5.81. The summed E-state index contributed by atoms with van der Waals surface area (Å²) in [4.78, 5) is 57.9. The van der Waals surface area contributed by atoms with Crippen molar-refractivity contribution in [3.8, 4) is 0 Å². The van der Waals surface area contributed by atoms with Crippen LogP contribution in [-0.4, -0.2) is 81.8 Å². The third-order valence-corrected chi connectivity index (χ3v) is 3.41. The largest absolute Gasteiger partial charge is 0.480 e. The predicted octanol–water partition coefficient (Wildman–Crippen LogP) is -4.88. The van der Waals surface area contributed by atoms with E-state index >= 15 is 0 Å². The van der Waals surface area contributed by atoms with Crippen molar-refractivity contribution < 1.29 is 39.3 Å². The Kier molecular flexibility index (Phi) is 9.92. The highest BCUT2D eigenvalue weighted by Gasteiger charge is 2.30. The van der Waals surface area contributed by atoms with E-state index in [2.05, 4.69) is 10.6 Å². The van der Waals surface area contributed by atoms with Crippen LogP contribution in [0.15, 0.2) is 0 Å². The standard InChI is InChI=1S/C14H25N5O8/c1-5(14(26)27)17-12(24)8(4-20)19-11(23)7(3-9(15)22)18-13(25)10(16)6(2)21/h5-8,10,20-21H,3-4,16H2,1-2H3,(H2,15,22)(H,17,24)(H,18,25)(H,19,23)(H,26,27). The minimum absolute atomic E-state index is 0.643. The maximum Gasteiger partial charge on any atom is 0.325 e. The molecule has 0 aliphatic rings. The van der Waals surface area contributed by atoms with E-state index in [1.807, 2.05) is 5.32 Å². The second-order valence-electron chi connectivity index (χ2n) is 5.81. The highest BCUT2D eigenvalue weighted by molar-refractivity contribution is 5.96. The van der Waals surface area contributed by atoms with Crippen LogP contribution in [0.25, 0.3) is 0 Å². The van der Waals surface area contributed by atoms with Gasteiger partial charge in [0.05, 0.1) is 19.1 Å². The SMILES string of the molecule is CC(NC(=O)C(CO)NC(=O)C(CC(N)=O)NC(=O)C(N)C(C)O)C(=O)O. The minimum atomic E-state index is -1.54. The molecule has 0 aliphatic carbocycles. The van der Waals surface area contributed by atoms with Gasteiger partial charge < -0.3 is 42.7 Å². The van der Waals surface area contributed by atoms with Gasteiger partial charge in [-0.05, 0) is 13.8 Å². The lowest BCUT2D eigenvalue weighted by Crippen LogP contribution is -2.59. The number of primary amides is 1. The Hall–Kier alpha value is -2.77.